The van der Waals surface area contributed by atoms with E-state index in [1.165, 1.54) is 11.0 Å². The summed E-state index contributed by atoms with van der Waals surface area (Å²) in [5, 5.41) is 11.3. The van der Waals surface area contributed by atoms with E-state index in [9.17, 15) is 28.8 Å². The quantitative estimate of drug-likeness (QED) is 0.112. The van der Waals surface area contributed by atoms with Crippen molar-refractivity contribution in [3.05, 3.63) is 48.0 Å². The van der Waals surface area contributed by atoms with Crippen LogP contribution in [0.2, 0.25) is 0 Å². The highest BCUT2D eigenvalue weighted by Crippen LogP contribution is 2.41. The normalized spacial score (nSPS) is 22.0. The Morgan fingerprint density at radius 2 is 1.68 bits per heavy atom. The van der Waals surface area contributed by atoms with Gasteiger partial charge in [0.25, 0.3) is 5.91 Å². The van der Waals surface area contributed by atoms with E-state index in [-0.39, 0.29) is 43.7 Å². The molecular weight excluding hydrogens is 803 g/mol. The molecule has 0 spiro atoms. The molecule has 0 radical (unpaired) electrons. The molecule has 344 valence electrons. The molecule has 2 saturated heterocycles. The van der Waals surface area contributed by atoms with Crippen LogP contribution in [0.3, 0.4) is 0 Å². The maximum Gasteiger partial charge on any atom is 0.410 e. The number of likely N-dealkylation sites (tertiary alicyclic amines) is 2. The number of urea groups is 1. The Kier molecular flexibility index (Phi) is 16.1. The lowest BCUT2D eigenvalue weighted by Gasteiger charge is -2.43. The molecule has 5 rings (SSSR count). The molecule has 0 aromatic heterocycles. The monoisotopic (exact) mass is 872 g/mol. The Morgan fingerprint density at radius 3 is 2.33 bits per heavy atom. The minimum absolute atomic E-state index is 0.0315. The number of nitrogens with one attached hydrogen (secondary N) is 4. The summed E-state index contributed by atoms with van der Waals surface area (Å²) in [4.78, 5) is 102. The zero-order chi connectivity index (χ0) is 46.1. The van der Waals surface area contributed by atoms with Crippen LogP contribution in [0.25, 0.3) is 0 Å². The number of piperidine rings is 1. The van der Waals surface area contributed by atoms with Crippen molar-refractivity contribution in [2.75, 3.05) is 32.7 Å². The molecule has 4 N–H and O–H groups in total. The molecule has 1 aliphatic carbocycles. The summed E-state index contributed by atoms with van der Waals surface area (Å²) in [6.45, 7) is 17.2. The molecule has 5 atom stereocenters. The van der Waals surface area contributed by atoms with Gasteiger partial charge in [-0.3, -0.25) is 24.0 Å². The van der Waals surface area contributed by atoms with Crippen molar-refractivity contribution in [1.29, 1.82) is 0 Å². The van der Waals surface area contributed by atoms with E-state index in [0.29, 0.717) is 51.9 Å². The molecule has 7 amide bonds. The van der Waals surface area contributed by atoms with Crippen LogP contribution in [0.15, 0.2) is 36.9 Å². The predicted octanol–water partition coefficient (Wildman–Crippen LogP) is 4.62. The van der Waals surface area contributed by atoms with Crippen molar-refractivity contribution in [2.24, 2.45) is 16.2 Å². The minimum atomic E-state index is -1.30. The van der Waals surface area contributed by atoms with Crippen LogP contribution >= 0.6 is 0 Å². The van der Waals surface area contributed by atoms with Gasteiger partial charge in [0.1, 0.15) is 18.2 Å². The van der Waals surface area contributed by atoms with Crippen LogP contribution in [0, 0.1) is 28.6 Å². The number of fused-ring (bicyclic) bond motifs is 1. The van der Waals surface area contributed by atoms with E-state index in [4.69, 9.17) is 11.2 Å². The number of ether oxygens (including phenoxy) is 1. The fourth-order valence-corrected chi connectivity index (χ4v) is 9.22. The van der Waals surface area contributed by atoms with E-state index in [2.05, 4.69) is 47.6 Å². The Labute approximate surface area is 373 Å². The van der Waals surface area contributed by atoms with E-state index in [1.807, 2.05) is 52.0 Å². The van der Waals surface area contributed by atoms with Gasteiger partial charge in [-0.1, -0.05) is 91.1 Å². The third-order valence-corrected chi connectivity index (χ3v) is 13.4. The van der Waals surface area contributed by atoms with E-state index < -0.39 is 76.7 Å². The first-order valence-corrected chi connectivity index (χ1v) is 22.6. The molecule has 4 aliphatic rings. The van der Waals surface area contributed by atoms with Gasteiger partial charge in [0.2, 0.25) is 23.5 Å². The van der Waals surface area contributed by atoms with Crippen molar-refractivity contribution in [1.82, 2.24) is 36.0 Å². The number of carbonyl (C=O) groups is 7. The van der Waals surface area contributed by atoms with E-state index in [0.717, 1.165) is 36.8 Å². The number of terminal acetylenes is 1. The zero-order valence-corrected chi connectivity index (χ0v) is 38.2. The SMILES string of the molecule is C#CCCC(NC(=O)[C@@H]1C[C@@H](OC(=O)N2CCc3ccccc3C2)CN1C(=O)[C@@H](NC(=O)N[C@H](CN1CCC(C)(C)CC1=O)C(C)(C)C)C1(C)CCCCC1)C(=O)C(=O)NCC=C. The van der Waals surface area contributed by atoms with E-state index >= 15 is 4.79 Å². The zero-order valence-electron chi connectivity index (χ0n) is 38.2. The molecule has 3 fully saturated rings. The van der Waals surface area contributed by atoms with Gasteiger partial charge in [0, 0.05) is 52.0 Å². The number of hydrogen-bond acceptors (Lipinski definition) is 8. The number of amides is 7. The first kappa shape index (κ1) is 48.6. The second-order valence-corrected chi connectivity index (χ2v) is 20.0. The predicted molar refractivity (Wildman–Crippen MR) is 239 cm³/mol. The first-order valence-electron chi connectivity index (χ1n) is 22.6. The summed E-state index contributed by atoms with van der Waals surface area (Å²) in [6, 6.07) is 3.21. The molecule has 1 aromatic carbocycles. The maximum atomic E-state index is 15.2. The van der Waals surface area contributed by atoms with Gasteiger partial charge in [-0.25, -0.2) is 9.59 Å². The summed E-state index contributed by atoms with van der Waals surface area (Å²) >= 11 is 0. The number of carbonyl (C=O) groups excluding carboxylic acids is 7. The van der Waals surface area contributed by atoms with Crippen LogP contribution in [0.1, 0.15) is 117 Å². The molecular formula is C48H69N7O8. The molecule has 1 unspecified atom stereocenters. The average molecular weight is 872 g/mol. The largest absolute Gasteiger partial charge is 0.444 e. The van der Waals surface area contributed by atoms with Crippen LogP contribution in [0.4, 0.5) is 9.59 Å². The van der Waals surface area contributed by atoms with Crippen LogP contribution in [0.5, 0.6) is 0 Å². The summed E-state index contributed by atoms with van der Waals surface area (Å²) in [6.07, 6.45) is 11.2. The number of ketones is 1. The maximum absolute atomic E-state index is 15.2. The van der Waals surface area contributed by atoms with Crippen molar-refractivity contribution in [3.63, 3.8) is 0 Å². The van der Waals surface area contributed by atoms with Gasteiger partial charge in [-0.05, 0) is 59.5 Å². The van der Waals surface area contributed by atoms with Crippen molar-refractivity contribution in [2.45, 2.75) is 149 Å². The number of nitrogens with zero attached hydrogens (tertiary/aromatic N) is 3. The number of Topliss-reactive ketones (excluding diaryl/α,β-unsaturated/α-hetero) is 1. The highest BCUT2D eigenvalue weighted by molar-refractivity contribution is 6.38. The van der Waals surface area contributed by atoms with Crippen molar-refractivity contribution >= 4 is 41.5 Å². The van der Waals surface area contributed by atoms with Crippen LogP contribution in [-0.2, 0) is 41.7 Å². The van der Waals surface area contributed by atoms with Gasteiger partial charge < -0.3 is 40.7 Å². The first-order chi connectivity index (χ1) is 29.7. The Bertz CT molecular complexity index is 1930. The van der Waals surface area contributed by atoms with Gasteiger partial charge in [-0.15, -0.1) is 18.9 Å². The number of rotatable bonds is 15. The highest BCUT2D eigenvalue weighted by Gasteiger charge is 2.50. The lowest BCUT2D eigenvalue weighted by atomic mass is 9.70. The highest BCUT2D eigenvalue weighted by atomic mass is 16.6. The van der Waals surface area contributed by atoms with Gasteiger partial charge in [0.15, 0.2) is 0 Å². The number of hydrogen-bond donors (Lipinski definition) is 4. The van der Waals surface area contributed by atoms with Gasteiger partial charge >= 0.3 is 12.1 Å². The third-order valence-electron chi connectivity index (χ3n) is 13.4. The standard InChI is InChI=1S/C48H69N7O8/c1-9-11-19-35(39(57)42(59)49-24-10-2)50-41(58)36-27-34(63-45(62)54-25-20-32-17-13-14-18-33(32)29-54)30-55(36)43(60)40(48(8)21-15-12-16-22-48)52-44(61)51-37(46(3,4)5)31-53-26-23-47(6,7)28-38(53)56/h1,10,13-14,17-18,34-37,40H,2,11-12,15-16,19-31H2,3-8H3,(H,49,59)(H,50,58)(H2,51,52,61)/t34-,35?,36+,37-,40-/m1/s1. The summed E-state index contributed by atoms with van der Waals surface area (Å²) in [7, 11) is 0. The summed E-state index contributed by atoms with van der Waals surface area (Å²) < 4.78 is 6.06. The second-order valence-electron chi connectivity index (χ2n) is 20.0. The fourth-order valence-electron chi connectivity index (χ4n) is 9.22. The molecule has 3 aliphatic heterocycles. The van der Waals surface area contributed by atoms with Gasteiger partial charge in [0.05, 0.1) is 18.6 Å². The van der Waals surface area contributed by atoms with Crippen molar-refractivity contribution < 1.29 is 38.3 Å². The molecule has 3 heterocycles. The molecule has 0 bridgehead atoms. The smallest absolute Gasteiger partial charge is 0.410 e. The number of benzene rings is 1. The van der Waals surface area contributed by atoms with Crippen LogP contribution in [-0.4, -0.2) is 119 Å². The average Bonchev–Trinajstić information content (AvgIpc) is 3.66. The molecule has 1 saturated carbocycles. The van der Waals surface area contributed by atoms with Crippen LogP contribution < -0.4 is 21.3 Å². The Morgan fingerprint density at radius 1 is 0.984 bits per heavy atom. The molecule has 15 heteroatoms. The van der Waals surface area contributed by atoms with Crippen molar-refractivity contribution in [3.8, 4) is 12.3 Å². The Hall–Kier alpha value is -5.39. The third kappa shape index (κ3) is 12.6. The molecule has 63 heavy (non-hydrogen) atoms. The lowest BCUT2D eigenvalue weighted by molar-refractivity contribution is -0.144. The summed E-state index contributed by atoms with van der Waals surface area (Å²) in [5.74, 6) is -0.596. The topological polar surface area (TPSA) is 187 Å². The van der Waals surface area contributed by atoms with E-state index in [1.54, 1.807) is 9.80 Å². The minimum Gasteiger partial charge on any atom is -0.444 e. The second kappa shape index (κ2) is 20.9. The molecule has 1 aromatic rings. The van der Waals surface area contributed by atoms with Gasteiger partial charge in [-0.2, -0.15) is 0 Å². The fraction of sp³-hybridized carbons (Fsp3) is 0.646. The lowest BCUT2D eigenvalue weighted by Crippen LogP contribution is -2.63. The molecule has 15 nitrogen and oxygen atoms in total. The summed E-state index contributed by atoms with van der Waals surface area (Å²) in [5.41, 5.74) is 0.900. The Balaban J connectivity index is 1.42.